The number of nitrogens with one attached hydrogen (secondary N) is 1. The zero-order valence-electron chi connectivity index (χ0n) is 17.1. The highest BCUT2D eigenvalue weighted by Crippen LogP contribution is 2.36. The van der Waals surface area contributed by atoms with E-state index in [-0.39, 0.29) is 23.7 Å². The number of amides is 2. The van der Waals surface area contributed by atoms with Gasteiger partial charge in [-0.1, -0.05) is 31.0 Å². The Hall–Kier alpha value is -3.15. The lowest BCUT2D eigenvalue weighted by atomic mass is 9.77. The van der Waals surface area contributed by atoms with Gasteiger partial charge < -0.3 is 14.6 Å². The average Bonchev–Trinajstić information content (AvgIpc) is 3.35. The van der Waals surface area contributed by atoms with Gasteiger partial charge in [0.1, 0.15) is 5.52 Å². The minimum Gasteiger partial charge on any atom is -0.441 e. The first-order chi connectivity index (χ1) is 14.6. The molecule has 2 aromatic carbocycles. The summed E-state index contributed by atoms with van der Waals surface area (Å²) in [6.07, 6.45) is 4.34. The van der Waals surface area contributed by atoms with Crippen LogP contribution in [0.5, 0.6) is 0 Å². The molecule has 1 aromatic heterocycles. The van der Waals surface area contributed by atoms with E-state index in [0.717, 1.165) is 43.3 Å². The smallest absolute Gasteiger partial charge is 0.230 e. The lowest BCUT2D eigenvalue weighted by Crippen LogP contribution is -2.43. The zero-order valence-corrected chi connectivity index (χ0v) is 17.1. The summed E-state index contributed by atoms with van der Waals surface area (Å²) in [7, 11) is 0. The van der Waals surface area contributed by atoms with Gasteiger partial charge in [0.15, 0.2) is 11.5 Å². The van der Waals surface area contributed by atoms with Crippen molar-refractivity contribution >= 4 is 34.3 Å². The van der Waals surface area contributed by atoms with Crippen molar-refractivity contribution in [2.75, 3.05) is 16.8 Å². The van der Waals surface area contributed by atoms with Crippen molar-refractivity contribution in [1.29, 1.82) is 0 Å². The Labute approximate surface area is 175 Å². The molecule has 0 saturated heterocycles. The molecule has 1 N–H and O–H groups in total. The summed E-state index contributed by atoms with van der Waals surface area (Å²) < 4.78 is 5.50. The maximum Gasteiger partial charge on any atom is 0.230 e. The number of hydrogen-bond donors (Lipinski definition) is 1. The molecule has 5 rings (SSSR count). The van der Waals surface area contributed by atoms with Crippen LogP contribution in [0, 0.1) is 18.8 Å². The number of carbonyl (C=O) groups is 2. The van der Waals surface area contributed by atoms with Crippen LogP contribution in [0.25, 0.3) is 11.1 Å². The maximum absolute atomic E-state index is 13.4. The van der Waals surface area contributed by atoms with Crippen molar-refractivity contribution in [2.45, 2.75) is 39.0 Å². The molecule has 1 aliphatic heterocycles. The largest absolute Gasteiger partial charge is 0.441 e. The molecule has 154 valence electrons. The second-order valence-corrected chi connectivity index (χ2v) is 8.27. The number of nitrogens with zero attached hydrogens (tertiary/aromatic N) is 2. The average molecular weight is 403 g/mol. The molecule has 0 radical (unpaired) electrons. The van der Waals surface area contributed by atoms with Gasteiger partial charge in [-0.25, -0.2) is 4.98 Å². The zero-order chi connectivity index (χ0) is 20.7. The maximum atomic E-state index is 13.4. The van der Waals surface area contributed by atoms with Crippen LogP contribution in [0.3, 0.4) is 0 Å². The van der Waals surface area contributed by atoms with Gasteiger partial charge in [-0.05, 0) is 49.1 Å². The van der Waals surface area contributed by atoms with Crippen LogP contribution >= 0.6 is 0 Å². The number of para-hydroxylation sites is 1. The molecule has 6 heteroatoms. The normalized spacial score (nSPS) is 20.9. The van der Waals surface area contributed by atoms with Crippen LogP contribution in [0.4, 0.5) is 11.4 Å². The summed E-state index contributed by atoms with van der Waals surface area (Å²) in [5, 5.41) is 3.02. The quantitative estimate of drug-likeness (QED) is 0.700. The SMILES string of the molecule is Cc1nc2cc(NC(=O)[C@@H]3CCCC[C@@H]3C(=O)N3CCc4ccccc43)ccc2o1. The molecule has 30 heavy (non-hydrogen) atoms. The number of fused-ring (bicyclic) bond motifs is 2. The molecule has 0 bridgehead atoms. The predicted molar refractivity (Wildman–Crippen MR) is 115 cm³/mol. The summed E-state index contributed by atoms with van der Waals surface area (Å²) in [4.78, 5) is 32.8. The summed E-state index contributed by atoms with van der Waals surface area (Å²) in [5.41, 5.74) is 4.31. The van der Waals surface area contributed by atoms with Crippen molar-refractivity contribution in [3.63, 3.8) is 0 Å². The van der Waals surface area contributed by atoms with Gasteiger partial charge in [0.05, 0.1) is 5.92 Å². The molecule has 1 saturated carbocycles. The Morgan fingerprint density at radius 3 is 2.77 bits per heavy atom. The highest BCUT2D eigenvalue weighted by atomic mass is 16.3. The van der Waals surface area contributed by atoms with E-state index >= 15 is 0 Å². The predicted octanol–water partition coefficient (Wildman–Crippen LogP) is 4.47. The molecule has 1 fully saturated rings. The Morgan fingerprint density at radius 1 is 1.10 bits per heavy atom. The molecule has 6 nitrogen and oxygen atoms in total. The number of rotatable bonds is 3. The second-order valence-electron chi connectivity index (χ2n) is 8.27. The van der Waals surface area contributed by atoms with E-state index in [1.165, 1.54) is 5.56 Å². The van der Waals surface area contributed by atoms with E-state index in [2.05, 4.69) is 16.4 Å². The Bertz CT molecular complexity index is 1120. The molecule has 1 aliphatic carbocycles. The van der Waals surface area contributed by atoms with Crippen LogP contribution < -0.4 is 10.2 Å². The Balaban J connectivity index is 1.35. The summed E-state index contributed by atoms with van der Waals surface area (Å²) in [6.45, 7) is 2.50. The summed E-state index contributed by atoms with van der Waals surface area (Å²) >= 11 is 0. The van der Waals surface area contributed by atoms with Gasteiger partial charge in [0, 0.05) is 30.8 Å². The van der Waals surface area contributed by atoms with Crippen molar-refractivity contribution in [3.8, 4) is 0 Å². The fourth-order valence-corrected chi connectivity index (χ4v) is 4.86. The fraction of sp³-hybridized carbons (Fsp3) is 0.375. The minimum atomic E-state index is -0.311. The number of aromatic nitrogens is 1. The van der Waals surface area contributed by atoms with Gasteiger partial charge >= 0.3 is 0 Å². The van der Waals surface area contributed by atoms with Gasteiger partial charge in [-0.2, -0.15) is 0 Å². The standard InChI is InChI=1S/C24H25N3O3/c1-15-25-20-14-17(10-11-22(20)30-15)26-23(28)18-7-3-4-8-19(18)24(29)27-13-12-16-6-2-5-9-21(16)27/h2,5-6,9-11,14,18-19H,3-4,7-8,12-13H2,1H3,(H,26,28)/t18-,19+/m1/s1. The second kappa shape index (κ2) is 7.59. The van der Waals surface area contributed by atoms with Gasteiger partial charge in [-0.15, -0.1) is 0 Å². The molecule has 0 spiro atoms. The number of oxazole rings is 1. The van der Waals surface area contributed by atoms with Crippen molar-refractivity contribution in [3.05, 3.63) is 53.9 Å². The topological polar surface area (TPSA) is 75.4 Å². The molecule has 0 unspecified atom stereocenters. The number of anilines is 2. The Morgan fingerprint density at radius 2 is 1.90 bits per heavy atom. The van der Waals surface area contributed by atoms with Crippen molar-refractivity contribution in [1.82, 2.24) is 4.98 Å². The van der Waals surface area contributed by atoms with Gasteiger partial charge in [0.25, 0.3) is 0 Å². The number of benzene rings is 2. The van der Waals surface area contributed by atoms with Crippen LogP contribution in [-0.2, 0) is 16.0 Å². The molecule has 2 heterocycles. The number of hydrogen-bond acceptors (Lipinski definition) is 4. The van der Waals surface area contributed by atoms with Gasteiger partial charge in [0.2, 0.25) is 11.8 Å². The fourth-order valence-electron chi connectivity index (χ4n) is 4.86. The molecule has 3 aromatic rings. The third-order valence-electron chi connectivity index (χ3n) is 6.34. The first-order valence-corrected chi connectivity index (χ1v) is 10.7. The molecule has 2 aliphatic rings. The monoisotopic (exact) mass is 403 g/mol. The molecular weight excluding hydrogens is 378 g/mol. The third kappa shape index (κ3) is 3.36. The van der Waals surface area contributed by atoms with Crippen molar-refractivity contribution < 1.29 is 14.0 Å². The molecular formula is C24H25N3O3. The van der Waals surface area contributed by atoms with Crippen LogP contribution in [0.2, 0.25) is 0 Å². The van der Waals surface area contributed by atoms with Crippen LogP contribution in [0.15, 0.2) is 46.9 Å². The van der Waals surface area contributed by atoms with Crippen molar-refractivity contribution in [2.24, 2.45) is 11.8 Å². The number of carbonyl (C=O) groups excluding carboxylic acids is 2. The van der Waals surface area contributed by atoms with E-state index < -0.39 is 0 Å². The first-order valence-electron chi connectivity index (χ1n) is 10.7. The minimum absolute atomic E-state index is 0.0832. The van der Waals surface area contributed by atoms with Crippen LogP contribution in [-0.4, -0.2) is 23.3 Å². The van der Waals surface area contributed by atoms with Crippen LogP contribution in [0.1, 0.15) is 37.1 Å². The molecule has 2 amide bonds. The lowest BCUT2D eigenvalue weighted by Gasteiger charge is -2.32. The van der Waals surface area contributed by atoms with E-state index in [4.69, 9.17) is 4.42 Å². The summed E-state index contributed by atoms with van der Waals surface area (Å²) in [6, 6.07) is 13.5. The van der Waals surface area contributed by atoms with E-state index in [1.54, 1.807) is 6.92 Å². The first kappa shape index (κ1) is 18.9. The Kier molecular flexibility index (Phi) is 4.77. The third-order valence-corrected chi connectivity index (χ3v) is 6.34. The van der Waals surface area contributed by atoms with E-state index in [9.17, 15) is 9.59 Å². The lowest BCUT2D eigenvalue weighted by molar-refractivity contribution is -0.132. The van der Waals surface area contributed by atoms with E-state index in [1.807, 2.05) is 41.3 Å². The highest BCUT2D eigenvalue weighted by molar-refractivity contribution is 6.02. The number of aryl methyl sites for hydroxylation is 1. The van der Waals surface area contributed by atoms with Gasteiger partial charge in [-0.3, -0.25) is 9.59 Å². The van der Waals surface area contributed by atoms with E-state index in [0.29, 0.717) is 23.7 Å². The highest BCUT2D eigenvalue weighted by Gasteiger charge is 2.39. The molecule has 2 atom stereocenters. The summed E-state index contributed by atoms with van der Waals surface area (Å²) in [5.74, 6) is 0.0106.